The van der Waals surface area contributed by atoms with Crippen LogP contribution >= 0.6 is 69.2 Å². The Morgan fingerprint density at radius 2 is 0.655 bits per heavy atom. The zero-order chi connectivity index (χ0) is 38.6. The van der Waals surface area contributed by atoms with Crippen molar-refractivity contribution in [1.82, 2.24) is 59.5 Å². The molecule has 0 amide bonds. The van der Waals surface area contributed by atoms with Gasteiger partial charge in [0.15, 0.2) is 23.3 Å². The van der Waals surface area contributed by atoms with Crippen molar-refractivity contribution in [3.63, 3.8) is 0 Å². The van der Waals surface area contributed by atoms with Crippen LogP contribution in [0, 0.1) is 19.1 Å². The Labute approximate surface area is 349 Å². The number of hydrogen-bond acceptors (Lipinski definition) is 12. The number of halogens is 2. The van der Waals surface area contributed by atoms with Gasteiger partial charge in [-0.25, -0.2) is 0 Å². The zero-order valence-corrected chi connectivity index (χ0v) is 34.5. The van der Waals surface area contributed by atoms with Crippen LogP contribution in [0.15, 0.2) is 68.9 Å². The van der Waals surface area contributed by atoms with Crippen LogP contribution < -0.4 is 0 Å². The van der Waals surface area contributed by atoms with Gasteiger partial charge in [0.1, 0.15) is 0 Å². The fraction of sp³-hybridized carbons (Fsp3) is 0.250. The van der Waals surface area contributed by atoms with Crippen molar-refractivity contribution in [1.29, 1.82) is 0 Å². The average Bonchev–Trinajstić information content (AvgIpc) is 3.94. The predicted molar refractivity (Wildman–Crippen MR) is 219 cm³/mol. The van der Waals surface area contributed by atoms with E-state index in [1.54, 1.807) is 43.6 Å². The van der Waals surface area contributed by atoms with Gasteiger partial charge in [-0.2, -0.15) is 59.5 Å². The molecular formula is C32H32Cl2CoN16S4. The molecule has 1 aliphatic heterocycles. The summed E-state index contributed by atoms with van der Waals surface area (Å²) in [4.78, 5) is 0. The molecule has 287 valence electrons. The first kappa shape index (κ1) is 40.3. The van der Waals surface area contributed by atoms with Crippen molar-refractivity contribution in [2.75, 3.05) is 0 Å². The van der Waals surface area contributed by atoms with E-state index in [0.29, 0.717) is 81.0 Å². The summed E-state index contributed by atoms with van der Waals surface area (Å²) in [6, 6.07) is 15.6. The quantitative estimate of drug-likeness (QED) is 0.117. The summed E-state index contributed by atoms with van der Waals surface area (Å²) in [7, 11) is 9.47. The van der Waals surface area contributed by atoms with Crippen LogP contribution in [0.3, 0.4) is 0 Å². The van der Waals surface area contributed by atoms with E-state index in [2.05, 4.69) is 61.2 Å². The van der Waals surface area contributed by atoms with Gasteiger partial charge in [0.05, 0.1) is 24.9 Å². The van der Waals surface area contributed by atoms with Gasteiger partial charge in [-0.15, -0.1) is 0 Å². The molecule has 0 unspecified atom stereocenters. The van der Waals surface area contributed by atoms with E-state index in [1.165, 1.54) is 0 Å². The summed E-state index contributed by atoms with van der Waals surface area (Å²) in [5, 5.41) is 47.9. The van der Waals surface area contributed by atoms with Crippen molar-refractivity contribution in [2.45, 2.75) is 51.4 Å². The molecule has 23 heteroatoms. The molecule has 0 aliphatic carbocycles. The molecular weight excluding hydrogens is 867 g/mol. The van der Waals surface area contributed by atoms with E-state index in [-0.39, 0.29) is 0 Å². The maximum absolute atomic E-state index is 5.51. The summed E-state index contributed by atoms with van der Waals surface area (Å²) in [6.07, 6.45) is 12.7. The van der Waals surface area contributed by atoms with E-state index in [4.69, 9.17) is 69.2 Å². The molecule has 5 heterocycles. The minimum absolute atomic E-state index is 0.382. The van der Waals surface area contributed by atoms with Crippen molar-refractivity contribution in [2.24, 2.45) is 20.4 Å². The van der Waals surface area contributed by atoms with Gasteiger partial charge in [-0.1, -0.05) is 48.5 Å². The molecule has 7 rings (SSSR count). The number of aromatic amines is 4. The van der Waals surface area contributed by atoms with Crippen molar-refractivity contribution in [3.05, 3.63) is 113 Å². The molecule has 0 saturated carbocycles. The molecule has 6 aromatic rings. The number of nitrogens with one attached hydrogen (secondary N) is 4. The van der Waals surface area contributed by atoms with Gasteiger partial charge in [-0.05, 0) is 74.6 Å². The van der Waals surface area contributed by atoms with E-state index in [9.17, 15) is 0 Å². The molecule has 0 radical (unpaired) electrons. The normalized spacial score (nSPS) is 16.3. The van der Waals surface area contributed by atoms with Crippen LogP contribution in [-0.2, 0) is 38.6 Å². The average molecular weight is 899 g/mol. The molecule has 0 saturated heterocycles. The third-order valence-electron chi connectivity index (χ3n) is 8.21. The second kappa shape index (κ2) is 20.0. The second-order valence-electron chi connectivity index (χ2n) is 11.7. The van der Waals surface area contributed by atoms with Crippen LogP contribution in [0.4, 0.5) is 0 Å². The van der Waals surface area contributed by atoms with Gasteiger partial charge >= 0.3 is 33.2 Å². The standard InChI is InChI=1S/C32H32N16S4.2ClH.Co/c49-29-41-37-25-13-5-6-15-27-39-43-31(51)47(27)35-19-23-11-3-4-12-24(23)20-36-48-28(40-44-32(48)52)16-8-7-14-26-38-42-30(50)46(26)34-18-22-10-2-1-9-21(22)17-33-45(25)29;;;/h1-4,9-12,17-20H,5-8,13-16H2,(H,41,49)(H,42,50)(H,43,51)(H,44,52);2*1H;/q;;;+2/p-2/b33-17+,34-18+,35-19+,36-20+;;;. The molecule has 0 fully saturated rings. The number of hydrogen-bond donors (Lipinski definition) is 4. The number of H-pyrrole nitrogens is 4. The third kappa shape index (κ3) is 10.5. The van der Waals surface area contributed by atoms with Gasteiger partial charge in [-0.3, -0.25) is 20.4 Å². The van der Waals surface area contributed by atoms with E-state index < -0.39 is 0 Å². The zero-order valence-electron chi connectivity index (χ0n) is 28.7. The van der Waals surface area contributed by atoms with Crippen LogP contribution in [-0.4, -0.2) is 84.4 Å². The van der Waals surface area contributed by atoms with Crippen molar-refractivity contribution >= 4 is 94.0 Å². The molecule has 4 aromatic heterocycles. The Balaban J connectivity index is 0.00000166. The van der Waals surface area contributed by atoms with Crippen molar-refractivity contribution < 1.29 is 12.9 Å². The monoisotopic (exact) mass is 897 g/mol. The minimum atomic E-state index is 0.382. The molecule has 55 heavy (non-hydrogen) atoms. The number of aryl methyl sites for hydroxylation is 4. The number of nitrogens with zero attached hydrogens (tertiary/aromatic N) is 12. The Morgan fingerprint density at radius 3 is 0.873 bits per heavy atom. The van der Waals surface area contributed by atoms with Gasteiger partial charge in [0.2, 0.25) is 19.1 Å². The number of aromatic nitrogens is 12. The van der Waals surface area contributed by atoms with E-state index in [0.717, 1.165) is 47.9 Å². The topological polar surface area (TPSA) is 184 Å². The Bertz CT molecular complexity index is 2230. The SMILES string of the molecule is S=c1[nH]nc2n1/N=C/c1ccccc1/C=N/n1c(n[nH]c1=S)CCCCc1n[nH]c(=S)n1/N=C/c1ccccc1/C=N/n1c(n[nH]c1=S)CCCC2.[Cl][Co][Cl]. The molecule has 0 bridgehead atoms. The molecule has 16 nitrogen and oxygen atoms in total. The molecule has 2 aromatic carbocycles. The van der Waals surface area contributed by atoms with E-state index >= 15 is 0 Å². The third-order valence-corrected chi connectivity index (χ3v) is 9.27. The predicted octanol–water partition coefficient (Wildman–Crippen LogP) is 7.05. The number of rotatable bonds is 0. The summed E-state index contributed by atoms with van der Waals surface area (Å²) >= 11 is 22.4. The summed E-state index contributed by atoms with van der Waals surface area (Å²) in [5.41, 5.74) is 3.36. The molecule has 0 spiro atoms. The summed E-state index contributed by atoms with van der Waals surface area (Å²) in [6.45, 7) is 0. The van der Waals surface area contributed by atoms with Crippen molar-refractivity contribution in [3.8, 4) is 0 Å². The van der Waals surface area contributed by atoms with Gasteiger partial charge < -0.3 is 0 Å². The van der Waals surface area contributed by atoms with Crippen LogP contribution in [0.5, 0.6) is 0 Å². The first-order chi connectivity index (χ1) is 26.9. The fourth-order valence-corrected chi connectivity index (χ4v) is 6.32. The molecule has 4 N–H and O–H groups in total. The number of benzene rings is 2. The Hall–Kier alpha value is -4.35. The number of fused-ring (bicyclic) bond motifs is 6. The maximum atomic E-state index is 5.51. The first-order valence-electron chi connectivity index (χ1n) is 16.7. The van der Waals surface area contributed by atoms with Gasteiger partial charge in [0.25, 0.3) is 0 Å². The first-order valence-corrected chi connectivity index (χ1v) is 21.2. The second-order valence-corrected chi connectivity index (χ2v) is 15.0. The molecule has 1 aliphatic rings. The van der Waals surface area contributed by atoms with Crippen LogP contribution in [0.2, 0.25) is 0 Å². The van der Waals surface area contributed by atoms with Crippen LogP contribution in [0.25, 0.3) is 0 Å². The molecule has 0 atom stereocenters. The Kier molecular flexibility index (Phi) is 14.7. The van der Waals surface area contributed by atoms with Crippen LogP contribution in [0.1, 0.15) is 71.2 Å². The Morgan fingerprint density at radius 1 is 0.436 bits per heavy atom. The van der Waals surface area contributed by atoms with E-state index in [1.807, 2.05) is 48.5 Å². The fourth-order valence-electron chi connectivity index (χ4n) is 5.52. The summed E-state index contributed by atoms with van der Waals surface area (Å²) < 4.78 is 8.18. The summed E-state index contributed by atoms with van der Waals surface area (Å²) in [5.74, 6) is 2.87. The van der Waals surface area contributed by atoms with Gasteiger partial charge in [0, 0.05) is 47.9 Å².